The van der Waals surface area contributed by atoms with E-state index in [-0.39, 0.29) is 11.5 Å². The lowest BCUT2D eigenvalue weighted by molar-refractivity contribution is -0.140. The summed E-state index contributed by atoms with van der Waals surface area (Å²) in [5, 5.41) is 3.67. The van der Waals surface area contributed by atoms with Crippen LogP contribution in [0.5, 0.6) is 0 Å². The predicted molar refractivity (Wildman–Crippen MR) is 98.3 cm³/mol. The van der Waals surface area contributed by atoms with Crippen molar-refractivity contribution in [1.82, 2.24) is 0 Å². The van der Waals surface area contributed by atoms with E-state index in [2.05, 4.69) is 48.1 Å². The maximum Gasteiger partial charge on any atom is 0.331 e. The zero-order valence-corrected chi connectivity index (χ0v) is 15.2. The summed E-state index contributed by atoms with van der Waals surface area (Å²) in [6.07, 6.45) is 0.391. The Morgan fingerprint density at radius 2 is 1.80 bits per heavy atom. The Morgan fingerprint density at radius 3 is 2.44 bits per heavy atom. The zero-order valence-electron chi connectivity index (χ0n) is 14.4. The molecule has 0 radical (unpaired) electrons. The van der Waals surface area contributed by atoms with Crippen LogP contribution in [0.2, 0.25) is 0 Å². The Kier molecular flexibility index (Phi) is 5.04. The summed E-state index contributed by atoms with van der Waals surface area (Å²) in [6, 6.07) is 14.3. The van der Waals surface area contributed by atoms with Crippen molar-refractivity contribution >= 4 is 29.2 Å². The highest BCUT2D eigenvalue weighted by atomic mass is 32.2. The molecule has 1 aliphatic carbocycles. The molecule has 0 amide bonds. The van der Waals surface area contributed by atoms with Crippen molar-refractivity contribution in [3.05, 3.63) is 59.2 Å². The summed E-state index contributed by atoms with van der Waals surface area (Å²) in [7, 11) is 0. The van der Waals surface area contributed by atoms with Crippen LogP contribution >= 0.6 is 11.8 Å². The Labute approximate surface area is 151 Å². The van der Waals surface area contributed by atoms with Gasteiger partial charge < -0.3 is 4.84 Å². The maximum absolute atomic E-state index is 12.3. The monoisotopic (exact) mass is 353 g/mol. The molecular weight excluding hydrogens is 334 g/mol. The Balaban J connectivity index is 1.77. The van der Waals surface area contributed by atoms with E-state index in [1.807, 2.05) is 18.2 Å². The first-order chi connectivity index (χ1) is 11.9. The van der Waals surface area contributed by atoms with Crippen LogP contribution in [0.4, 0.5) is 0 Å². The van der Waals surface area contributed by atoms with E-state index in [9.17, 15) is 9.59 Å². The van der Waals surface area contributed by atoms with Gasteiger partial charge in [0.2, 0.25) is 5.78 Å². The first-order valence-corrected chi connectivity index (χ1v) is 8.95. The van der Waals surface area contributed by atoms with Crippen LogP contribution in [0.25, 0.3) is 0 Å². The van der Waals surface area contributed by atoms with E-state index in [1.165, 1.54) is 12.5 Å². The van der Waals surface area contributed by atoms with Crippen molar-refractivity contribution < 1.29 is 14.4 Å². The molecule has 4 nitrogen and oxygen atoms in total. The van der Waals surface area contributed by atoms with Gasteiger partial charge in [0.15, 0.2) is 0 Å². The van der Waals surface area contributed by atoms with Crippen LogP contribution in [0.15, 0.2) is 57.4 Å². The van der Waals surface area contributed by atoms with Crippen LogP contribution in [0, 0.1) is 0 Å². The van der Waals surface area contributed by atoms with Crippen molar-refractivity contribution in [2.24, 2.45) is 5.16 Å². The van der Waals surface area contributed by atoms with Crippen LogP contribution in [0.1, 0.15) is 48.2 Å². The number of hydrogen-bond acceptors (Lipinski definition) is 5. The topological polar surface area (TPSA) is 55.7 Å². The molecule has 0 heterocycles. The number of nitrogens with zero attached hydrogens (tertiary/aromatic N) is 1. The molecule has 0 spiro atoms. The van der Waals surface area contributed by atoms with Crippen LogP contribution < -0.4 is 0 Å². The molecule has 0 unspecified atom stereocenters. The minimum atomic E-state index is -0.530. The summed E-state index contributed by atoms with van der Waals surface area (Å²) in [5.41, 5.74) is 3.13. The van der Waals surface area contributed by atoms with Gasteiger partial charge in [-0.2, -0.15) is 0 Å². The van der Waals surface area contributed by atoms with E-state index in [0.29, 0.717) is 17.9 Å². The minimum absolute atomic E-state index is 0.172. The van der Waals surface area contributed by atoms with Gasteiger partial charge >= 0.3 is 5.97 Å². The number of hydrogen-bond donors (Lipinski definition) is 0. The minimum Gasteiger partial charge on any atom is -0.318 e. The van der Waals surface area contributed by atoms with Gasteiger partial charge in [-0.3, -0.25) is 4.79 Å². The smallest absolute Gasteiger partial charge is 0.318 e. The summed E-state index contributed by atoms with van der Waals surface area (Å²) in [5.74, 6) is -0.189. The highest BCUT2D eigenvalue weighted by Crippen LogP contribution is 2.32. The van der Waals surface area contributed by atoms with Gasteiger partial charge in [0.25, 0.3) is 0 Å². The molecule has 25 heavy (non-hydrogen) atoms. The van der Waals surface area contributed by atoms with Crippen molar-refractivity contribution in [2.45, 2.75) is 42.9 Å². The highest BCUT2D eigenvalue weighted by molar-refractivity contribution is 7.99. The number of carbonyl (C=O) groups is 2. The molecule has 0 aliphatic heterocycles. The fourth-order valence-corrected chi connectivity index (χ4v) is 3.55. The number of Topliss-reactive ketones (excluding diaryl/α,β-unsaturated/α-hetero) is 1. The molecule has 2 aromatic rings. The normalized spacial score (nSPS) is 14.9. The SMILES string of the molecule is CC(=O)O/N=C1/Cc2cc(Sc3ccc(C(C)C)cc3)ccc2C1=O. The Morgan fingerprint density at radius 1 is 1.12 bits per heavy atom. The average molecular weight is 353 g/mol. The molecule has 5 heteroatoms. The van der Waals surface area contributed by atoms with Crippen molar-refractivity contribution in [2.75, 3.05) is 0 Å². The fraction of sp³-hybridized carbons (Fsp3) is 0.250. The lowest BCUT2D eigenvalue weighted by Crippen LogP contribution is -2.09. The van der Waals surface area contributed by atoms with E-state index in [0.717, 1.165) is 15.4 Å². The Bertz CT molecular complexity index is 854. The van der Waals surface area contributed by atoms with Gasteiger partial charge in [-0.25, -0.2) is 4.79 Å². The summed E-state index contributed by atoms with van der Waals surface area (Å²) in [4.78, 5) is 29.9. The molecule has 0 N–H and O–H groups in total. The van der Waals surface area contributed by atoms with Crippen LogP contribution in [-0.4, -0.2) is 17.5 Å². The second-order valence-corrected chi connectivity index (χ2v) is 7.42. The molecule has 0 aromatic heterocycles. The van der Waals surface area contributed by atoms with Gasteiger partial charge in [-0.1, -0.05) is 42.9 Å². The summed E-state index contributed by atoms with van der Waals surface area (Å²) < 4.78 is 0. The Hall–Kier alpha value is -2.40. The second kappa shape index (κ2) is 7.23. The molecule has 128 valence electrons. The van der Waals surface area contributed by atoms with Gasteiger partial charge in [0, 0.05) is 28.7 Å². The molecule has 0 fully saturated rings. The summed E-state index contributed by atoms with van der Waals surface area (Å²) >= 11 is 1.66. The lowest BCUT2D eigenvalue weighted by atomic mass is 10.0. The van der Waals surface area contributed by atoms with Crippen molar-refractivity contribution in [3.63, 3.8) is 0 Å². The van der Waals surface area contributed by atoms with Gasteiger partial charge in [-0.15, -0.1) is 0 Å². The third-order valence-corrected chi connectivity index (χ3v) is 5.01. The van der Waals surface area contributed by atoms with Crippen LogP contribution in [0.3, 0.4) is 0 Å². The first-order valence-electron chi connectivity index (χ1n) is 8.14. The molecule has 0 saturated heterocycles. The third kappa shape index (κ3) is 3.99. The molecule has 0 saturated carbocycles. The number of oxime groups is 1. The van der Waals surface area contributed by atoms with E-state index >= 15 is 0 Å². The maximum atomic E-state index is 12.3. The molecule has 1 aliphatic rings. The van der Waals surface area contributed by atoms with E-state index in [4.69, 9.17) is 0 Å². The van der Waals surface area contributed by atoms with Crippen molar-refractivity contribution in [3.8, 4) is 0 Å². The van der Waals surface area contributed by atoms with Crippen LogP contribution in [-0.2, 0) is 16.1 Å². The van der Waals surface area contributed by atoms with Gasteiger partial charge in [0.05, 0.1) is 0 Å². The number of ketones is 1. The fourth-order valence-electron chi connectivity index (χ4n) is 2.67. The molecule has 3 rings (SSSR count). The quantitative estimate of drug-likeness (QED) is 0.594. The summed E-state index contributed by atoms with van der Waals surface area (Å²) in [6.45, 7) is 5.61. The number of benzene rings is 2. The number of fused-ring (bicyclic) bond motifs is 1. The number of carbonyl (C=O) groups excluding carboxylic acids is 2. The third-order valence-electron chi connectivity index (χ3n) is 4.01. The van der Waals surface area contributed by atoms with E-state index < -0.39 is 5.97 Å². The van der Waals surface area contributed by atoms with Crippen molar-refractivity contribution in [1.29, 1.82) is 0 Å². The number of rotatable bonds is 4. The second-order valence-electron chi connectivity index (χ2n) is 6.27. The van der Waals surface area contributed by atoms with E-state index in [1.54, 1.807) is 11.8 Å². The van der Waals surface area contributed by atoms with Gasteiger partial charge in [-0.05, 0) is 47.4 Å². The van der Waals surface area contributed by atoms with Gasteiger partial charge in [0.1, 0.15) is 5.71 Å². The molecule has 0 atom stereocenters. The molecule has 2 aromatic carbocycles. The molecule has 0 bridgehead atoms. The average Bonchev–Trinajstić information content (AvgIpc) is 2.89. The highest BCUT2D eigenvalue weighted by Gasteiger charge is 2.27. The zero-order chi connectivity index (χ0) is 18.0. The lowest BCUT2D eigenvalue weighted by Gasteiger charge is -2.07. The predicted octanol–water partition coefficient (Wildman–Crippen LogP) is 4.62. The molecular formula is C20H19NO3S. The first kappa shape index (κ1) is 17.4. The largest absolute Gasteiger partial charge is 0.331 e. The standard InChI is InChI=1S/C20H19NO3S/c1-12(2)14-4-6-16(7-5-14)25-17-8-9-18-15(10-17)11-19(20(18)23)21-24-13(3)22/h4-10,12H,11H2,1-3H3/b21-19-.